The van der Waals surface area contributed by atoms with Crippen LogP contribution in [-0.4, -0.2) is 25.7 Å². The summed E-state index contributed by atoms with van der Waals surface area (Å²) in [6.45, 7) is 6.53. The van der Waals surface area contributed by atoms with E-state index in [1.165, 1.54) is 4.90 Å². The molecule has 5 rings (SSSR count). The fourth-order valence-corrected chi connectivity index (χ4v) is 5.70. The summed E-state index contributed by atoms with van der Waals surface area (Å²) >= 11 is 0. The number of hydrogen-bond acceptors (Lipinski definition) is 4. The van der Waals surface area contributed by atoms with Crippen LogP contribution in [0.2, 0.25) is 19.6 Å². The van der Waals surface area contributed by atoms with E-state index in [-0.39, 0.29) is 11.7 Å². The first kappa shape index (κ1) is 23.2. The minimum atomic E-state index is -1.48. The van der Waals surface area contributed by atoms with Crippen molar-refractivity contribution in [2.24, 2.45) is 5.92 Å². The molecule has 6 heteroatoms. The maximum absolute atomic E-state index is 13.6. The zero-order chi connectivity index (χ0) is 24.7. The van der Waals surface area contributed by atoms with Crippen LogP contribution in [-0.2, 0) is 15.1 Å². The van der Waals surface area contributed by atoms with Gasteiger partial charge in [-0.3, -0.25) is 4.79 Å². The summed E-state index contributed by atoms with van der Waals surface area (Å²) in [4.78, 5) is 28.3. The number of rotatable bonds is 1. The Balaban J connectivity index is 1.59. The minimum absolute atomic E-state index is 0.0475. The lowest BCUT2D eigenvalue weighted by atomic mass is 9.58. The van der Waals surface area contributed by atoms with Crippen LogP contribution in [0.4, 0.5) is 10.5 Å². The molecule has 2 aromatic rings. The molecule has 0 N–H and O–H groups in total. The normalized spacial score (nSPS) is 26.3. The second-order valence-corrected chi connectivity index (χ2v) is 14.8. The SMILES string of the molecule is C[Si](C)(C)C#C/C=C\C#CC12OC3(C(=O)CCCC31)c1ccccc1N2C(=O)Oc1ccccc1. The van der Waals surface area contributed by atoms with Gasteiger partial charge in [-0.15, -0.1) is 5.54 Å². The molecule has 176 valence electrons. The molecule has 1 saturated carbocycles. The highest BCUT2D eigenvalue weighted by atomic mass is 28.3. The average molecular weight is 482 g/mol. The Bertz CT molecular complexity index is 1340. The molecule has 2 bridgehead atoms. The van der Waals surface area contributed by atoms with Crippen LogP contribution < -0.4 is 9.64 Å². The van der Waals surface area contributed by atoms with E-state index in [1.807, 2.05) is 30.3 Å². The van der Waals surface area contributed by atoms with Crippen LogP contribution in [0, 0.1) is 29.2 Å². The van der Waals surface area contributed by atoms with E-state index in [4.69, 9.17) is 9.47 Å². The van der Waals surface area contributed by atoms with E-state index in [9.17, 15) is 9.59 Å². The van der Waals surface area contributed by atoms with Crippen molar-refractivity contribution in [1.82, 2.24) is 0 Å². The van der Waals surface area contributed by atoms with Crippen LogP contribution in [0.3, 0.4) is 0 Å². The van der Waals surface area contributed by atoms with Gasteiger partial charge in [-0.2, -0.15) is 0 Å². The molecule has 0 spiro atoms. The van der Waals surface area contributed by atoms with Gasteiger partial charge in [0.1, 0.15) is 13.8 Å². The lowest BCUT2D eigenvalue weighted by Crippen LogP contribution is -2.80. The van der Waals surface area contributed by atoms with Gasteiger partial charge in [0.05, 0.1) is 11.6 Å². The van der Waals surface area contributed by atoms with Crippen molar-refractivity contribution in [2.45, 2.75) is 50.2 Å². The standard InChI is InChI=1S/C29H27NO4Si/c1-35(2,3)21-12-5-4-11-20-28-25-18-13-19-26(31)29(25,34-28)23-16-9-10-17-24(23)30(28)27(32)33-22-14-7-6-8-15-22/h4-10,14-17,25H,13,18-19H2,1-3H3/b5-4-. The Labute approximate surface area is 207 Å². The van der Waals surface area contributed by atoms with Crippen molar-refractivity contribution >= 4 is 25.6 Å². The van der Waals surface area contributed by atoms with E-state index in [0.717, 1.165) is 12.8 Å². The first-order chi connectivity index (χ1) is 16.8. The summed E-state index contributed by atoms with van der Waals surface area (Å²) in [7, 11) is -1.48. The molecule has 5 nitrogen and oxygen atoms in total. The minimum Gasteiger partial charge on any atom is -0.410 e. The number of anilines is 1. The number of Topliss-reactive ketones (excluding diaryl/α,β-unsaturated/α-hetero) is 1. The van der Waals surface area contributed by atoms with Crippen molar-refractivity contribution in [2.75, 3.05) is 4.90 Å². The number of carbonyl (C=O) groups is 2. The number of ether oxygens (including phenoxy) is 2. The second kappa shape index (κ2) is 8.57. The highest BCUT2D eigenvalue weighted by Crippen LogP contribution is 2.66. The third-order valence-electron chi connectivity index (χ3n) is 6.55. The van der Waals surface area contributed by atoms with Crippen LogP contribution in [0.25, 0.3) is 0 Å². The van der Waals surface area contributed by atoms with Crippen molar-refractivity contribution in [3.8, 4) is 29.1 Å². The number of hydrogen-bond donors (Lipinski definition) is 0. The summed E-state index contributed by atoms with van der Waals surface area (Å²) < 4.78 is 12.2. The third-order valence-corrected chi connectivity index (χ3v) is 7.44. The summed E-state index contributed by atoms with van der Waals surface area (Å²) in [6.07, 6.45) is 4.73. The summed E-state index contributed by atoms with van der Waals surface area (Å²) in [5.74, 6) is 9.49. The van der Waals surface area contributed by atoms with Crippen LogP contribution in [0.5, 0.6) is 5.75 Å². The molecular formula is C29H27NO4Si. The second-order valence-electron chi connectivity index (χ2n) is 10.1. The van der Waals surface area contributed by atoms with E-state index in [1.54, 1.807) is 36.4 Å². The molecule has 2 aromatic carbocycles. The topological polar surface area (TPSA) is 55.8 Å². The van der Waals surface area contributed by atoms with E-state index < -0.39 is 25.5 Å². The molecule has 0 aromatic heterocycles. The molecule has 3 unspecified atom stereocenters. The summed E-state index contributed by atoms with van der Waals surface area (Å²) in [5.41, 5.74) is 2.23. The Morgan fingerprint density at radius 2 is 1.80 bits per heavy atom. The van der Waals surface area contributed by atoms with Gasteiger partial charge >= 0.3 is 6.09 Å². The fourth-order valence-electron chi connectivity index (χ4n) is 5.19. The Kier molecular flexibility index (Phi) is 5.67. The monoisotopic (exact) mass is 481 g/mol. The number of carbonyl (C=O) groups excluding carboxylic acids is 2. The smallest absolute Gasteiger partial charge is 0.410 e. The predicted octanol–water partition coefficient (Wildman–Crippen LogP) is 5.44. The maximum atomic E-state index is 13.6. The largest absolute Gasteiger partial charge is 0.422 e. The van der Waals surface area contributed by atoms with Crippen LogP contribution in [0.15, 0.2) is 66.7 Å². The molecule has 2 aliphatic heterocycles. The lowest BCUT2D eigenvalue weighted by Gasteiger charge is -2.67. The van der Waals surface area contributed by atoms with Gasteiger partial charge in [0.2, 0.25) is 5.72 Å². The van der Waals surface area contributed by atoms with Crippen molar-refractivity contribution < 1.29 is 19.1 Å². The average Bonchev–Trinajstić information content (AvgIpc) is 2.82. The molecule has 1 saturated heterocycles. The van der Waals surface area contributed by atoms with Crippen molar-refractivity contribution in [3.05, 3.63) is 72.3 Å². The first-order valence-corrected chi connectivity index (χ1v) is 15.4. The van der Waals surface area contributed by atoms with Gasteiger partial charge in [0.15, 0.2) is 11.4 Å². The van der Waals surface area contributed by atoms with Crippen LogP contribution in [0.1, 0.15) is 24.8 Å². The van der Waals surface area contributed by atoms with Crippen molar-refractivity contribution in [1.29, 1.82) is 0 Å². The third kappa shape index (κ3) is 3.80. The molecule has 2 fully saturated rings. The number of fused-ring (bicyclic) bond motifs is 1. The highest BCUT2D eigenvalue weighted by molar-refractivity contribution is 6.83. The van der Waals surface area contributed by atoms with E-state index in [0.29, 0.717) is 23.4 Å². The molecular weight excluding hydrogens is 454 g/mol. The van der Waals surface area contributed by atoms with Gasteiger partial charge in [-0.05, 0) is 49.1 Å². The zero-order valence-corrected chi connectivity index (χ0v) is 21.1. The maximum Gasteiger partial charge on any atom is 0.422 e. The number of para-hydroxylation sites is 2. The number of nitrogens with zero attached hydrogens (tertiary/aromatic N) is 1. The molecule has 1 aliphatic carbocycles. The van der Waals surface area contributed by atoms with Gasteiger partial charge < -0.3 is 9.47 Å². The fraction of sp³-hybridized carbons (Fsp3) is 0.310. The highest BCUT2D eigenvalue weighted by Gasteiger charge is 2.77. The number of amides is 1. The van der Waals surface area contributed by atoms with Gasteiger partial charge in [0.25, 0.3) is 0 Å². The molecule has 3 aliphatic rings. The van der Waals surface area contributed by atoms with Crippen molar-refractivity contribution in [3.63, 3.8) is 0 Å². The molecule has 3 atom stereocenters. The summed E-state index contributed by atoms with van der Waals surface area (Å²) in [5, 5.41) is 0. The number of ketones is 1. The van der Waals surface area contributed by atoms with Gasteiger partial charge in [-0.1, -0.05) is 67.9 Å². The summed E-state index contributed by atoms with van der Waals surface area (Å²) in [6, 6.07) is 16.3. The quantitative estimate of drug-likeness (QED) is 0.402. The Hall–Kier alpha value is -3.58. The number of benzene rings is 2. The molecule has 2 heterocycles. The zero-order valence-electron chi connectivity index (χ0n) is 20.1. The first-order valence-electron chi connectivity index (χ1n) is 11.9. The van der Waals surface area contributed by atoms with Gasteiger partial charge in [0, 0.05) is 12.0 Å². The Morgan fingerprint density at radius 1 is 1.09 bits per heavy atom. The van der Waals surface area contributed by atoms with Gasteiger partial charge in [-0.25, -0.2) is 9.69 Å². The molecule has 0 radical (unpaired) electrons. The predicted molar refractivity (Wildman–Crippen MR) is 137 cm³/mol. The van der Waals surface area contributed by atoms with Crippen LogP contribution >= 0.6 is 0 Å². The van der Waals surface area contributed by atoms with E-state index in [2.05, 4.69) is 42.9 Å². The lowest BCUT2D eigenvalue weighted by molar-refractivity contribution is -0.302. The molecule has 35 heavy (non-hydrogen) atoms. The Morgan fingerprint density at radius 3 is 2.57 bits per heavy atom. The molecule has 1 amide bonds. The number of allylic oxidation sites excluding steroid dienone is 2. The van der Waals surface area contributed by atoms with E-state index >= 15 is 0 Å².